The van der Waals surface area contributed by atoms with Crippen molar-refractivity contribution in [1.82, 2.24) is 4.98 Å². The third-order valence-electron chi connectivity index (χ3n) is 2.83. The van der Waals surface area contributed by atoms with Gasteiger partial charge in [-0.15, -0.1) is 11.3 Å². The fraction of sp³-hybridized carbons (Fsp3) is 0.636. The number of hydrogen-bond donors (Lipinski definition) is 2. The highest BCUT2D eigenvalue weighted by molar-refractivity contribution is 7.13. The molecule has 1 heterocycles. The molecule has 0 aliphatic heterocycles. The van der Waals surface area contributed by atoms with E-state index in [1.165, 1.54) is 11.3 Å². The van der Waals surface area contributed by atoms with Crippen LogP contribution in [0.3, 0.4) is 0 Å². The topological polar surface area (TPSA) is 62.2 Å². The van der Waals surface area contributed by atoms with E-state index in [0.717, 1.165) is 12.8 Å². The van der Waals surface area contributed by atoms with Gasteiger partial charge in [-0.3, -0.25) is 0 Å². The minimum Gasteiger partial charge on any atom is -0.476 e. The maximum atomic E-state index is 10.7. The van der Waals surface area contributed by atoms with Gasteiger partial charge in [-0.25, -0.2) is 9.78 Å². The number of hydrogen-bond acceptors (Lipinski definition) is 4. The van der Waals surface area contributed by atoms with E-state index in [2.05, 4.69) is 31.1 Å². The van der Waals surface area contributed by atoms with E-state index in [9.17, 15) is 4.79 Å². The number of anilines is 1. The minimum atomic E-state index is -0.973. The summed E-state index contributed by atoms with van der Waals surface area (Å²) in [6.45, 7) is 6.44. The van der Waals surface area contributed by atoms with Crippen molar-refractivity contribution in [2.75, 3.05) is 5.32 Å². The van der Waals surface area contributed by atoms with Crippen LogP contribution in [0.1, 0.15) is 44.1 Å². The second-order valence-corrected chi connectivity index (χ2v) is 4.71. The van der Waals surface area contributed by atoms with E-state index in [4.69, 9.17) is 5.11 Å². The van der Waals surface area contributed by atoms with E-state index < -0.39 is 5.97 Å². The highest BCUT2D eigenvalue weighted by Gasteiger charge is 2.15. The predicted octanol–water partition coefficient (Wildman–Crippen LogP) is 3.08. The summed E-state index contributed by atoms with van der Waals surface area (Å²) in [4.78, 5) is 14.7. The van der Waals surface area contributed by atoms with Gasteiger partial charge in [0, 0.05) is 11.4 Å². The van der Waals surface area contributed by atoms with Gasteiger partial charge < -0.3 is 10.4 Å². The summed E-state index contributed by atoms with van der Waals surface area (Å²) in [7, 11) is 0. The van der Waals surface area contributed by atoms with Crippen LogP contribution < -0.4 is 5.32 Å². The molecule has 0 amide bonds. The Morgan fingerprint density at radius 3 is 2.62 bits per heavy atom. The normalized spacial score (nSPS) is 12.8. The Balaban J connectivity index is 2.62. The van der Waals surface area contributed by atoms with E-state index in [0.29, 0.717) is 17.1 Å². The SMILES string of the molecule is CCC(CC)C(C)Nc1nc(C(=O)O)cs1. The van der Waals surface area contributed by atoms with Crippen LogP contribution in [0.5, 0.6) is 0 Å². The molecule has 4 nitrogen and oxygen atoms in total. The van der Waals surface area contributed by atoms with Crippen LogP contribution in [-0.2, 0) is 0 Å². The fourth-order valence-corrected chi connectivity index (χ4v) is 2.53. The molecule has 0 radical (unpaired) electrons. The van der Waals surface area contributed by atoms with Gasteiger partial charge in [0.05, 0.1) is 0 Å². The molecular formula is C11H18N2O2S. The van der Waals surface area contributed by atoms with Crippen LogP contribution in [0, 0.1) is 5.92 Å². The molecule has 90 valence electrons. The molecule has 1 rings (SSSR count). The van der Waals surface area contributed by atoms with Crippen molar-refractivity contribution in [3.05, 3.63) is 11.1 Å². The lowest BCUT2D eigenvalue weighted by Gasteiger charge is -2.21. The molecule has 1 aromatic rings. The largest absolute Gasteiger partial charge is 0.476 e. The average Bonchev–Trinajstić information content (AvgIpc) is 2.68. The summed E-state index contributed by atoms with van der Waals surface area (Å²) in [5.74, 6) is -0.378. The van der Waals surface area contributed by atoms with Crippen LogP contribution in [-0.4, -0.2) is 22.1 Å². The van der Waals surface area contributed by atoms with Crippen molar-refractivity contribution in [2.45, 2.75) is 39.7 Å². The molecule has 0 spiro atoms. The Morgan fingerprint density at radius 2 is 2.19 bits per heavy atom. The highest BCUT2D eigenvalue weighted by atomic mass is 32.1. The zero-order valence-corrected chi connectivity index (χ0v) is 10.7. The number of carboxylic acids is 1. The summed E-state index contributed by atoms with van der Waals surface area (Å²) in [6.07, 6.45) is 2.23. The van der Waals surface area contributed by atoms with Gasteiger partial charge >= 0.3 is 5.97 Å². The molecular weight excluding hydrogens is 224 g/mol. The molecule has 0 aliphatic carbocycles. The Morgan fingerprint density at radius 1 is 1.56 bits per heavy atom. The molecule has 5 heteroatoms. The third kappa shape index (κ3) is 3.20. The minimum absolute atomic E-state index is 0.115. The first-order chi connectivity index (χ1) is 7.58. The predicted molar refractivity (Wildman–Crippen MR) is 66.2 cm³/mol. The van der Waals surface area contributed by atoms with E-state index in [1.807, 2.05) is 0 Å². The Bertz CT molecular complexity index is 348. The van der Waals surface area contributed by atoms with E-state index in [1.54, 1.807) is 5.38 Å². The monoisotopic (exact) mass is 242 g/mol. The molecule has 1 unspecified atom stereocenters. The lowest BCUT2D eigenvalue weighted by atomic mass is 9.96. The van der Waals surface area contributed by atoms with Gasteiger partial charge in [0.2, 0.25) is 0 Å². The number of aromatic nitrogens is 1. The van der Waals surface area contributed by atoms with Crippen LogP contribution >= 0.6 is 11.3 Å². The summed E-state index contributed by atoms with van der Waals surface area (Å²) in [5, 5.41) is 14.3. The molecule has 0 fully saturated rings. The highest BCUT2D eigenvalue weighted by Crippen LogP contribution is 2.21. The van der Waals surface area contributed by atoms with Crippen LogP contribution in [0.2, 0.25) is 0 Å². The number of carbonyl (C=O) groups is 1. The number of nitrogens with one attached hydrogen (secondary N) is 1. The first kappa shape index (κ1) is 13.0. The zero-order chi connectivity index (χ0) is 12.1. The number of thiazole rings is 1. The Kier molecular flexibility index (Phi) is 4.73. The molecule has 0 aromatic carbocycles. The van der Waals surface area contributed by atoms with Gasteiger partial charge in [0.1, 0.15) is 0 Å². The third-order valence-corrected chi connectivity index (χ3v) is 3.60. The summed E-state index contributed by atoms with van der Waals surface area (Å²) in [6, 6.07) is 0.322. The molecule has 0 aliphatic rings. The molecule has 1 atom stereocenters. The van der Waals surface area contributed by atoms with Crippen LogP contribution in [0.15, 0.2) is 5.38 Å². The molecule has 1 aromatic heterocycles. The van der Waals surface area contributed by atoms with Crippen molar-refractivity contribution in [1.29, 1.82) is 0 Å². The van der Waals surface area contributed by atoms with Gasteiger partial charge in [0.25, 0.3) is 0 Å². The fourth-order valence-electron chi connectivity index (χ4n) is 1.75. The summed E-state index contributed by atoms with van der Waals surface area (Å²) in [5.41, 5.74) is 0.115. The second kappa shape index (κ2) is 5.84. The first-order valence-electron chi connectivity index (χ1n) is 5.53. The van der Waals surface area contributed by atoms with Gasteiger partial charge in [-0.2, -0.15) is 0 Å². The number of carboxylic acid groups (broad SMARTS) is 1. The van der Waals surface area contributed by atoms with Crippen molar-refractivity contribution in [3.63, 3.8) is 0 Å². The molecule has 0 saturated carbocycles. The molecule has 16 heavy (non-hydrogen) atoms. The quantitative estimate of drug-likeness (QED) is 0.804. The lowest BCUT2D eigenvalue weighted by molar-refractivity contribution is 0.0691. The molecule has 0 saturated heterocycles. The second-order valence-electron chi connectivity index (χ2n) is 3.85. The van der Waals surface area contributed by atoms with Crippen molar-refractivity contribution < 1.29 is 9.90 Å². The van der Waals surface area contributed by atoms with Gasteiger partial charge in [-0.1, -0.05) is 26.7 Å². The van der Waals surface area contributed by atoms with Crippen molar-refractivity contribution in [2.24, 2.45) is 5.92 Å². The number of rotatable bonds is 6. The van der Waals surface area contributed by atoms with E-state index in [-0.39, 0.29) is 5.69 Å². The standard InChI is InChI=1S/C11H18N2O2S/c1-4-8(5-2)7(3)12-11-13-9(6-16-11)10(14)15/h6-8H,4-5H2,1-3H3,(H,12,13)(H,14,15). The maximum Gasteiger partial charge on any atom is 0.355 e. The van der Waals surface area contributed by atoms with Gasteiger partial charge in [-0.05, 0) is 12.8 Å². The molecule has 2 N–H and O–H groups in total. The maximum absolute atomic E-state index is 10.7. The van der Waals surface area contributed by atoms with Crippen LogP contribution in [0.25, 0.3) is 0 Å². The number of nitrogens with zero attached hydrogens (tertiary/aromatic N) is 1. The number of aromatic carboxylic acids is 1. The Hall–Kier alpha value is -1.10. The Labute approximate surface area is 99.7 Å². The van der Waals surface area contributed by atoms with Crippen LogP contribution in [0.4, 0.5) is 5.13 Å². The summed E-state index contributed by atoms with van der Waals surface area (Å²) < 4.78 is 0. The van der Waals surface area contributed by atoms with Gasteiger partial charge in [0.15, 0.2) is 10.8 Å². The smallest absolute Gasteiger partial charge is 0.355 e. The summed E-state index contributed by atoms with van der Waals surface area (Å²) >= 11 is 1.34. The lowest BCUT2D eigenvalue weighted by Crippen LogP contribution is -2.24. The average molecular weight is 242 g/mol. The molecule has 0 bridgehead atoms. The zero-order valence-electron chi connectivity index (χ0n) is 9.86. The van der Waals surface area contributed by atoms with E-state index >= 15 is 0 Å². The van der Waals surface area contributed by atoms with Crippen molar-refractivity contribution >= 4 is 22.4 Å². The first-order valence-corrected chi connectivity index (χ1v) is 6.41. The van der Waals surface area contributed by atoms with Crippen molar-refractivity contribution in [3.8, 4) is 0 Å².